The van der Waals surface area contributed by atoms with Gasteiger partial charge < -0.3 is 5.73 Å². The highest BCUT2D eigenvalue weighted by Crippen LogP contribution is 2.30. The molecular weight excluding hydrogens is 215 g/mol. The lowest BCUT2D eigenvalue weighted by Crippen LogP contribution is -1.99. The highest BCUT2D eigenvalue weighted by atomic mass is 35.5. The minimum absolute atomic E-state index is 0.0206. The minimum Gasteiger partial charge on any atom is -0.326 e. The Kier molecular flexibility index (Phi) is 3.08. The number of hydrogen-bond donors (Lipinski definition) is 1. The average Bonchev–Trinajstić information content (AvgIpc) is 2.03. The molecule has 0 aromatic heterocycles. The van der Waals surface area contributed by atoms with Crippen LogP contribution < -0.4 is 5.73 Å². The average molecular weight is 221 g/mol. The number of nitrogens with two attached hydrogens (primary N) is 1. The third-order valence-electron chi connectivity index (χ3n) is 1.53. The highest BCUT2D eigenvalue weighted by Gasteiger charge is 2.14. The van der Waals surface area contributed by atoms with Gasteiger partial charge in [-0.1, -0.05) is 23.2 Å². The molecule has 1 aromatic rings. The summed E-state index contributed by atoms with van der Waals surface area (Å²) in [5.74, 6) is 0. The van der Waals surface area contributed by atoms with Crippen molar-refractivity contribution >= 4 is 28.9 Å². The van der Waals surface area contributed by atoms with E-state index in [1.807, 2.05) is 0 Å². The summed E-state index contributed by atoms with van der Waals surface area (Å²) in [6.45, 7) is 0.150. The van der Waals surface area contributed by atoms with Crippen LogP contribution in [0.2, 0.25) is 10.0 Å². The maximum Gasteiger partial charge on any atom is 0.288 e. The summed E-state index contributed by atoms with van der Waals surface area (Å²) in [6.07, 6.45) is 0. The molecule has 0 aliphatic rings. The molecule has 0 bridgehead atoms. The predicted molar refractivity (Wildman–Crippen MR) is 51.0 cm³/mol. The van der Waals surface area contributed by atoms with Crippen molar-refractivity contribution < 1.29 is 4.92 Å². The van der Waals surface area contributed by atoms with E-state index in [0.717, 1.165) is 0 Å². The van der Waals surface area contributed by atoms with Gasteiger partial charge in [0.2, 0.25) is 0 Å². The van der Waals surface area contributed by atoms with Crippen LogP contribution in [0.3, 0.4) is 0 Å². The summed E-state index contributed by atoms with van der Waals surface area (Å²) >= 11 is 11.3. The van der Waals surface area contributed by atoms with Crippen LogP contribution in [0.1, 0.15) is 5.56 Å². The van der Waals surface area contributed by atoms with E-state index in [9.17, 15) is 10.1 Å². The van der Waals surface area contributed by atoms with Gasteiger partial charge in [0, 0.05) is 17.6 Å². The maximum absolute atomic E-state index is 10.4. The second-order valence-electron chi connectivity index (χ2n) is 2.36. The number of nitrogens with zero attached hydrogens (tertiary/aromatic N) is 1. The number of nitro benzene ring substituents is 1. The number of halogens is 2. The number of hydrogen-bond acceptors (Lipinski definition) is 3. The van der Waals surface area contributed by atoms with Crippen molar-refractivity contribution in [3.05, 3.63) is 37.9 Å². The summed E-state index contributed by atoms with van der Waals surface area (Å²) in [6, 6.07) is 2.61. The molecule has 0 fully saturated rings. The van der Waals surface area contributed by atoms with Crippen molar-refractivity contribution in [3.63, 3.8) is 0 Å². The number of benzene rings is 1. The Bertz CT molecular complexity index is 355. The molecule has 0 unspecified atom stereocenters. The van der Waals surface area contributed by atoms with Crippen molar-refractivity contribution in [2.45, 2.75) is 6.54 Å². The molecule has 0 amide bonds. The van der Waals surface area contributed by atoms with Gasteiger partial charge in [0.15, 0.2) is 0 Å². The second kappa shape index (κ2) is 3.91. The first-order valence-electron chi connectivity index (χ1n) is 3.38. The highest BCUT2D eigenvalue weighted by molar-refractivity contribution is 6.36. The van der Waals surface area contributed by atoms with E-state index in [1.54, 1.807) is 0 Å². The van der Waals surface area contributed by atoms with Crippen LogP contribution in [0.5, 0.6) is 0 Å². The molecule has 2 N–H and O–H groups in total. The zero-order valence-electron chi connectivity index (χ0n) is 6.46. The number of rotatable bonds is 2. The maximum atomic E-state index is 10.4. The Hall–Kier alpha value is -0.840. The largest absolute Gasteiger partial charge is 0.326 e. The third-order valence-corrected chi connectivity index (χ3v) is 2.19. The van der Waals surface area contributed by atoms with E-state index >= 15 is 0 Å². The van der Waals surface area contributed by atoms with Crippen LogP contribution in [0.4, 0.5) is 5.69 Å². The quantitative estimate of drug-likeness (QED) is 0.615. The molecule has 0 heterocycles. The van der Waals surface area contributed by atoms with Gasteiger partial charge in [0.1, 0.15) is 5.02 Å². The van der Waals surface area contributed by atoms with Gasteiger partial charge >= 0.3 is 0 Å². The first-order chi connectivity index (χ1) is 6.06. The van der Waals surface area contributed by atoms with Gasteiger partial charge in [-0.2, -0.15) is 0 Å². The van der Waals surface area contributed by atoms with Crippen molar-refractivity contribution in [3.8, 4) is 0 Å². The predicted octanol–water partition coefficient (Wildman–Crippen LogP) is 2.36. The van der Waals surface area contributed by atoms with Gasteiger partial charge in [-0.15, -0.1) is 0 Å². The smallest absolute Gasteiger partial charge is 0.288 e. The Morgan fingerprint density at radius 1 is 1.38 bits per heavy atom. The first-order valence-corrected chi connectivity index (χ1v) is 4.14. The second-order valence-corrected chi connectivity index (χ2v) is 3.17. The molecule has 6 heteroatoms. The molecule has 0 atom stereocenters. The molecule has 0 saturated carbocycles. The minimum atomic E-state index is -0.572. The third kappa shape index (κ3) is 2.09. The topological polar surface area (TPSA) is 69.2 Å². The van der Waals surface area contributed by atoms with E-state index in [0.29, 0.717) is 10.6 Å². The normalized spacial score (nSPS) is 10.1. The van der Waals surface area contributed by atoms with Crippen LogP contribution in [-0.4, -0.2) is 4.92 Å². The fourth-order valence-electron chi connectivity index (χ4n) is 0.877. The molecule has 1 rings (SSSR count). The van der Waals surface area contributed by atoms with Crippen molar-refractivity contribution in [2.75, 3.05) is 0 Å². The fraction of sp³-hybridized carbons (Fsp3) is 0.143. The summed E-state index contributed by atoms with van der Waals surface area (Å²) in [7, 11) is 0. The summed E-state index contributed by atoms with van der Waals surface area (Å²) in [5.41, 5.74) is 5.66. The molecule has 0 saturated heterocycles. The van der Waals surface area contributed by atoms with Crippen LogP contribution in [0, 0.1) is 10.1 Å². The summed E-state index contributed by atoms with van der Waals surface area (Å²) in [5, 5.41) is 10.8. The van der Waals surface area contributed by atoms with Crippen LogP contribution in [0.25, 0.3) is 0 Å². The van der Waals surface area contributed by atoms with Gasteiger partial charge in [-0.05, 0) is 11.6 Å². The molecule has 1 aromatic carbocycles. The van der Waals surface area contributed by atoms with Crippen molar-refractivity contribution in [2.24, 2.45) is 5.73 Å². The Labute approximate surface area is 84.4 Å². The Morgan fingerprint density at radius 3 is 2.46 bits per heavy atom. The van der Waals surface area contributed by atoms with Crippen molar-refractivity contribution in [1.82, 2.24) is 0 Å². The zero-order chi connectivity index (χ0) is 10.0. The SMILES string of the molecule is NCc1cc([N+](=O)[O-])c(Cl)cc1Cl. The van der Waals surface area contributed by atoms with Crippen molar-refractivity contribution in [1.29, 1.82) is 0 Å². The van der Waals surface area contributed by atoms with E-state index in [4.69, 9.17) is 28.9 Å². The molecular formula is C7H6Cl2N2O2. The molecule has 70 valence electrons. The summed E-state index contributed by atoms with van der Waals surface area (Å²) in [4.78, 5) is 9.87. The molecule has 13 heavy (non-hydrogen) atoms. The van der Waals surface area contributed by atoms with Gasteiger partial charge in [0.25, 0.3) is 5.69 Å². The molecule has 0 aliphatic heterocycles. The lowest BCUT2D eigenvalue weighted by molar-refractivity contribution is -0.384. The van der Waals surface area contributed by atoms with Gasteiger partial charge in [0.05, 0.1) is 4.92 Å². The molecule has 0 aliphatic carbocycles. The van der Waals surface area contributed by atoms with E-state index < -0.39 is 4.92 Å². The van der Waals surface area contributed by atoms with E-state index in [1.165, 1.54) is 12.1 Å². The molecule has 0 spiro atoms. The molecule has 0 radical (unpaired) electrons. The zero-order valence-corrected chi connectivity index (χ0v) is 7.97. The lowest BCUT2D eigenvalue weighted by atomic mass is 10.2. The lowest BCUT2D eigenvalue weighted by Gasteiger charge is -2.01. The van der Waals surface area contributed by atoms with Crippen LogP contribution >= 0.6 is 23.2 Å². The van der Waals surface area contributed by atoms with E-state index in [-0.39, 0.29) is 17.3 Å². The number of nitro groups is 1. The Morgan fingerprint density at radius 2 is 2.00 bits per heavy atom. The molecule has 4 nitrogen and oxygen atoms in total. The van der Waals surface area contributed by atoms with Crippen LogP contribution in [-0.2, 0) is 6.54 Å². The van der Waals surface area contributed by atoms with E-state index in [2.05, 4.69) is 0 Å². The van der Waals surface area contributed by atoms with Gasteiger partial charge in [-0.25, -0.2) is 0 Å². The fourth-order valence-corrected chi connectivity index (χ4v) is 1.41. The monoisotopic (exact) mass is 220 g/mol. The Balaban J connectivity index is 3.30. The first kappa shape index (κ1) is 10.2. The summed E-state index contributed by atoms with van der Waals surface area (Å²) < 4.78 is 0. The standard InChI is InChI=1S/C7H6Cl2N2O2/c8-5-2-6(9)7(11(12)13)1-4(5)3-10/h1-2H,3,10H2. The van der Waals surface area contributed by atoms with Gasteiger partial charge in [-0.3, -0.25) is 10.1 Å². The van der Waals surface area contributed by atoms with Crippen LogP contribution in [0.15, 0.2) is 12.1 Å².